The van der Waals surface area contributed by atoms with E-state index in [0.29, 0.717) is 11.3 Å². The normalized spacial score (nSPS) is 11.6. The molecule has 0 saturated heterocycles. The first-order chi connectivity index (χ1) is 14.9. The van der Waals surface area contributed by atoms with Crippen LogP contribution in [0, 0.1) is 0 Å². The molecule has 4 aromatic rings. The minimum absolute atomic E-state index is 0.109. The summed E-state index contributed by atoms with van der Waals surface area (Å²) >= 11 is 1.59. The van der Waals surface area contributed by atoms with Gasteiger partial charge in [-0.1, -0.05) is 17.3 Å². The van der Waals surface area contributed by atoms with Crippen molar-refractivity contribution in [3.05, 3.63) is 77.8 Å². The van der Waals surface area contributed by atoms with Crippen LogP contribution in [-0.4, -0.2) is 47.7 Å². The van der Waals surface area contributed by atoms with Crippen molar-refractivity contribution in [2.24, 2.45) is 0 Å². The minimum Gasteiger partial charge on any atom is -0.322 e. The number of carbonyl (C=O) groups is 1. The molecule has 0 fully saturated rings. The molecule has 2 heterocycles. The molecule has 2 aromatic carbocycles. The molecule has 2 aromatic heterocycles. The Kier molecular flexibility index (Phi) is 5.68. The van der Waals surface area contributed by atoms with E-state index in [9.17, 15) is 13.2 Å². The monoisotopic (exact) mass is 453 g/mol. The Morgan fingerprint density at radius 2 is 1.84 bits per heavy atom. The molecule has 0 saturated carbocycles. The molecule has 0 aliphatic rings. The van der Waals surface area contributed by atoms with Crippen LogP contribution in [0.5, 0.6) is 0 Å². The number of hydrogen-bond acceptors (Lipinski definition) is 6. The zero-order valence-electron chi connectivity index (χ0n) is 16.8. The highest BCUT2D eigenvalue weighted by molar-refractivity contribution is 7.89. The zero-order chi connectivity index (χ0) is 22.0. The molecule has 4 rings (SSSR count). The Morgan fingerprint density at radius 1 is 1.06 bits per heavy atom. The van der Waals surface area contributed by atoms with Crippen molar-refractivity contribution in [1.82, 2.24) is 19.3 Å². The predicted molar refractivity (Wildman–Crippen MR) is 120 cm³/mol. The molecule has 1 amide bonds. The Hall–Kier alpha value is -3.34. The fourth-order valence-electron chi connectivity index (χ4n) is 2.92. The van der Waals surface area contributed by atoms with E-state index in [1.54, 1.807) is 58.6 Å². The lowest BCUT2D eigenvalue weighted by atomic mass is 10.2. The van der Waals surface area contributed by atoms with Gasteiger partial charge in [-0.2, -0.15) is 0 Å². The summed E-state index contributed by atoms with van der Waals surface area (Å²) in [6.45, 7) is 0. The third-order valence-corrected chi connectivity index (χ3v) is 7.27. The summed E-state index contributed by atoms with van der Waals surface area (Å²) < 4.78 is 27.4. The molecule has 0 unspecified atom stereocenters. The fourth-order valence-corrected chi connectivity index (χ4v) is 4.59. The Labute approximate surface area is 183 Å². The molecule has 0 aliphatic carbocycles. The summed E-state index contributed by atoms with van der Waals surface area (Å²) in [6.07, 6.45) is 1.70. The summed E-state index contributed by atoms with van der Waals surface area (Å²) in [6, 6.07) is 17.1. The van der Waals surface area contributed by atoms with Gasteiger partial charge in [-0.05, 0) is 53.9 Å². The van der Waals surface area contributed by atoms with Crippen LogP contribution >= 0.6 is 11.3 Å². The quantitative estimate of drug-likeness (QED) is 0.482. The van der Waals surface area contributed by atoms with Crippen LogP contribution in [0.1, 0.15) is 10.4 Å². The number of carbonyl (C=O) groups excluding carboxylic acids is 1. The molecule has 10 heteroatoms. The molecular weight excluding hydrogens is 434 g/mol. The second kappa shape index (κ2) is 8.42. The van der Waals surface area contributed by atoms with Gasteiger partial charge in [0.15, 0.2) is 0 Å². The zero-order valence-corrected chi connectivity index (χ0v) is 18.4. The van der Waals surface area contributed by atoms with Crippen molar-refractivity contribution in [2.75, 3.05) is 19.4 Å². The van der Waals surface area contributed by atoms with E-state index in [1.807, 2.05) is 17.5 Å². The highest BCUT2D eigenvalue weighted by atomic mass is 32.2. The first-order valence-electron chi connectivity index (χ1n) is 9.25. The van der Waals surface area contributed by atoms with Gasteiger partial charge < -0.3 is 5.32 Å². The van der Waals surface area contributed by atoms with Crippen molar-refractivity contribution < 1.29 is 13.2 Å². The van der Waals surface area contributed by atoms with E-state index in [4.69, 9.17) is 0 Å². The van der Waals surface area contributed by atoms with Crippen LogP contribution < -0.4 is 5.32 Å². The van der Waals surface area contributed by atoms with E-state index in [2.05, 4.69) is 15.6 Å². The molecule has 1 N–H and O–H groups in total. The topological polar surface area (TPSA) is 97.2 Å². The number of rotatable bonds is 6. The van der Waals surface area contributed by atoms with Crippen molar-refractivity contribution >= 4 is 33.0 Å². The number of sulfonamides is 1. The molecule has 158 valence electrons. The summed E-state index contributed by atoms with van der Waals surface area (Å²) in [5.74, 6) is -0.344. The summed E-state index contributed by atoms with van der Waals surface area (Å²) in [5, 5.41) is 12.9. The van der Waals surface area contributed by atoms with E-state index in [0.717, 1.165) is 20.6 Å². The molecule has 0 radical (unpaired) electrons. The minimum atomic E-state index is -3.59. The second-order valence-electron chi connectivity index (χ2n) is 6.82. The number of anilines is 1. The Bertz CT molecular complexity index is 1310. The number of amides is 1. The maximum Gasteiger partial charge on any atom is 0.255 e. The van der Waals surface area contributed by atoms with E-state index >= 15 is 0 Å². The maximum atomic E-state index is 12.7. The number of nitrogens with one attached hydrogen (secondary N) is 1. The van der Waals surface area contributed by atoms with Gasteiger partial charge >= 0.3 is 0 Å². The smallest absolute Gasteiger partial charge is 0.255 e. The number of benzene rings is 2. The van der Waals surface area contributed by atoms with Gasteiger partial charge in [-0.25, -0.2) is 17.4 Å². The SMILES string of the molecule is CN(C)S(=O)(=O)c1cccc(NC(=O)c2ccc(-n3nncc3-c3cccs3)cc2)c1. The third-order valence-electron chi connectivity index (χ3n) is 4.57. The molecule has 0 aliphatic heterocycles. The van der Waals surface area contributed by atoms with E-state index < -0.39 is 10.0 Å². The van der Waals surface area contributed by atoms with Gasteiger partial charge in [-0.15, -0.1) is 16.4 Å². The van der Waals surface area contributed by atoms with E-state index in [-0.39, 0.29) is 10.8 Å². The van der Waals surface area contributed by atoms with Gasteiger partial charge in [0.2, 0.25) is 10.0 Å². The molecule has 8 nitrogen and oxygen atoms in total. The number of nitrogens with zero attached hydrogens (tertiary/aromatic N) is 4. The van der Waals surface area contributed by atoms with Crippen molar-refractivity contribution in [3.8, 4) is 16.3 Å². The first kappa shape index (κ1) is 20.9. The summed E-state index contributed by atoms with van der Waals surface area (Å²) in [5.41, 5.74) is 2.47. The molecule has 0 atom stereocenters. The van der Waals surface area contributed by atoms with Crippen molar-refractivity contribution in [1.29, 1.82) is 0 Å². The van der Waals surface area contributed by atoms with Crippen molar-refractivity contribution in [2.45, 2.75) is 4.90 Å². The number of aromatic nitrogens is 3. The highest BCUT2D eigenvalue weighted by Gasteiger charge is 2.18. The molecule has 0 spiro atoms. The van der Waals surface area contributed by atoms with Crippen LogP contribution in [0.15, 0.2) is 77.1 Å². The largest absolute Gasteiger partial charge is 0.322 e. The van der Waals surface area contributed by atoms with Gasteiger partial charge in [0.05, 0.1) is 21.7 Å². The van der Waals surface area contributed by atoms with Crippen LogP contribution in [0.2, 0.25) is 0 Å². The second-order valence-corrected chi connectivity index (χ2v) is 9.92. The maximum absolute atomic E-state index is 12.7. The Balaban J connectivity index is 1.54. The number of hydrogen-bond donors (Lipinski definition) is 1. The molecular formula is C21H19N5O3S2. The Morgan fingerprint density at radius 3 is 2.52 bits per heavy atom. The third kappa shape index (κ3) is 4.26. The van der Waals surface area contributed by atoms with Gasteiger partial charge in [0.25, 0.3) is 5.91 Å². The van der Waals surface area contributed by atoms with Crippen LogP contribution in [0.25, 0.3) is 16.3 Å². The molecule has 31 heavy (non-hydrogen) atoms. The lowest BCUT2D eigenvalue weighted by molar-refractivity contribution is 0.102. The van der Waals surface area contributed by atoms with Crippen LogP contribution in [0.3, 0.4) is 0 Å². The van der Waals surface area contributed by atoms with Crippen molar-refractivity contribution in [3.63, 3.8) is 0 Å². The summed E-state index contributed by atoms with van der Waals surface area (Å²) in [4.78, 5) is 13.8. The van der Waals surface area contributed by atoms with Gasteiger partial charge in [0.1, 0.15) is 5.69 Å². The standard InChI is InChI=1S/C21H19N5O3S2/c1-25(2)31(28,29)18-6-3-5-16(13-18)23-21(27)15-8-10-17(11-9-15)26-19(14-22-24-26)20-7-4-12-30-20/h3-14H,1-2H3,(H,23,27). The fraction of sp³-hybridized carbons (Fsp3) is 0.0952. The van der Waals surface area contributed by atoms with Crippen LogP contribution in [0.4, 0.5) is 5.69 Å². The van der Waals surface area contributed by atoms with Gasteiger partial charge in [-0.3, -0.25) is 4.79 Å². The van der Waals surface area contributed by atoms with Gasteiger partial charge in [0, 0.05) is 25.3 Å². The number of thiophene rings is 1. The average Bonchev–Trinajstić information content (AvgIpc) is 3.45. The first-order valence-corrected chi connectivity index (χ1v) is 11.6. The summed E-state index contributed by atoms with van der Waals surface area (Å²) in [7, 11) is -0.667. The van der Waals surface area contributed by atoms with Crippen LogP contribution in [-0.2, 0) is 10.0 Å². The lowest BCUT2D eigenvalue weighted by Crippen LogP contribution is -2.22. The average molecular weight is 454 g/mol. The molecule has 0 bridgehead atoms. The van der Waals surface area contributed by atoms with E-state index in [1.165, 1.54) is 26.2 Å². The predicted octanol–water partition coefficient (Wildman–Crippen LogP) is 3.50. The lowest BCUT2D eigenvalue weighted by Gasteiger charge is -2.13. The highest BCUT2D eigenvalue weighted by Crippen LogP contribution is 2.26.